The first-order valence-corrected chi connectivity index (χ1v) is 13.8. The minimum absolute atomic E-state index is 0.225. The van der Waals surface area contributed by atoms with Crippen molar-refractivity contribution < 1.29 is 9.84 Å². The molecular weight excluding hydrogens is 482 g/mol. The Balaban J connectivity index is 1.47. The molecule has 7 nitrogen and oxygen atoms in total. The number of anilines is 2. The average Bonchev–Trinajstić information content (AvgIpc) is 3.49. The number of thiazole rings is 1. The van der Waals surface area contributed by atoms with E-state index in [0.29, 0.717) is 24.3 Å². The van der Waals surface area contributed by atoms with E-state index in [1.165, 1.54) is 5.56 Å². The number of nitrogens with one attached hydrogen (secondary N) is 2. The number of hydrogen-bond donors (Lipinski definition) is 3. The molecule has 1 aliphatic rings. The van der Waals surface area contributed by atoms with E-state index < -0.39 is 0 Å². The highest BCUT2D eigenvalue weighted by atomic mass is 32.1. The van der Waals surface area contributed by atoms with E-state index >= 15 is 0 Å². The Kier molecular flexibility index (Phi) is 7.58. The topological polar surface area (TPSA) is 92.2 Å². The summed E-state index contributed by atoms with van der Waals surface area (Å²) in [7, 11) is 1.71. The molecule has 0 amide bonds. The molecule has 0 spiro atoms. The molecule has 1 aliphatic carbocycles. The van der Waals surface area contributed by atoms with Crippen molar-refractivity contribution >= 4 is 33.3 Å². The standard InChI is InChI=1S/C29H35N5O2S/c1-5-21-11-10-19(14-24(21)36-4)15-30-29-31-18(3)26(28-33-22-8-6-7-9-25(22)37-28)27(34-29)32-23-13-20(16-35)12-17(23)2/h6-11,14,17,20,23,35H,5,12-13,15-16H2,1-4H3,(H2,30,31,32,34)/t17-,20-,23-/m1/s1. The lowest BCUT2D eigenvalue weighted by molar-refractivity contribution is 0.226. The maximum absolute atomic E-state index is 9.74. The number of benzene rings is 2. The summed E-state index contributed by atoms with van der Waals surface area (Å²) in [5.74, 6) is 3.04. The number of aliphatic hydroxyl groups is 1. The van der Waals surface area contributed by atoms with Crippen LogP contribution in [0.15, 0.2) is 42.5 Å². The van der Waals surface area contributed by atoms with Crippen molar-refractivity contribution in [2.45, 2.75) is 52.6 Å². The molecule has 3 N–H and O–H groups in total. The monoisotopic (exact) mass is 517 g/mol. The zero-order valence-corrected chi connectivity index (χ0v) is 22.7. The number of methoxy groups -OCH3 is 1. The predicted octanol–water partition coefficient (Wildman–Crippen LogP) is 6.06. The third-order valence-corrected chi connectivity index (χ3v) is 8.39. The van der Waals surface area contributed by atoms with Gasteiger partial charge in [0.15, 0.2) is 0 Å². The average molecular weight is 518 g/mol. The Morgan fingerprint density at radius 3 is 2.68 bits per heavy atom. The number of aryl methyl sites for hydroxylation is 2. The summed E-state index contributed by atoms with van der Waals surface area (Å²) in [6.07, 6.45) is 2.86. The molecule has 0 unspecified atom stereocenters. The highest BCUT2D eigenvalue weighted by Gasteiger charge is 2.32. The normalized spacial score (nSPS) is 19.3. The van der Waals surface area contributed by atoms with E-state index in [-0.39, 0.29) is 12.6 Å². The first kappa shape index (κ1) is 25.4. The van der Waals surface area contributed by atoms with Crippen molar-refractivity contribution in [3.8, 4) is 16.3 Å². The zero-order valence-electron chi connectivity index (χ0n) is 21.9. The van der Waals surface area contributed by atoms with Gasteiger partial charge in [-0.15, -0.1) is 11.3 Å². The first-order chi connectivity index (χ1) is 18.0. The van der Waals surface area contributed by atoms with Gasteiger partial charge < -0.3 is 20.5 Å². The number of nitrogens with zero attached hydrogens (tertiary/aromatic N) is 3. The second-order valence-corrected chi connectivity index (χ2v) is 11.0. The van der Waals surface area contributed by atoms with Gasteiger partial charge in [-0.1, -0.05) is 38.1 Å². The molecule has 1 fully saturated rings. The van der Waals surface area contributed by atoms with Crippen molar-refractivity contribution in [3.63, 3.8) is 0 Å². The number of para-hydroxylation sites is 1. The maximum Gasteiger partial charge on any atom is 0.225 e. The summed E-state index contributed by atoms with van der Waals surface area (Å²) in [5.41, 5.74) is 5.10. The molecule has 1 saturated carbocycles. The Labute approximate surface area is 222 Å². The summed E-state index contributed by atoms with van der Waals surface area (Å²) in [4.78, 5) is 14.7. The van der Waals surface area contributed by atoms with Crippen LogP contribution >= 0.6 is 11.3 Å². The molecule has 0 radical (unpaired) electrons. The highest BCUT2D eigenvalue weighted by molar-refractivity contribution is 7.21. The van der Waals surface area contributed by atoms with Crippen LogP contribution in [0.25, 0.3) is 20.8 Å². The van der Waals surface area contributed by atoms with Crippen LogP contribution < -0.4 is 15.4 Å². The number of rotatable bonds is 9. The van der Waals surface area contributed by atoms with E-state index in [1.54, 1.807) is 18.4 Å². The summed E-state index contributed by atoms with van der Waals surface area (Å²) in [6.45, 7) is 7.20. The van der Waals surface area contributed by atoms with Crippen LogP contribution in [0.3, 0.4) is 0 Å². The molecule has 8 heteroatoms. The number of ether oxygens (including phenoxy) is 1. The van der Waals surface area contributed by atoms with Gasteiger partial charge in [0.05, 0.1) is 28.6 Å². The molecule has 3 atom stereocenters. The first-order valence-electron chi connectivity index (χ1n) is 13.0. The van der Waals surface area contributed by atoms with Gasteiger partial charge in [0.25, 0.3) is 0 Å². The lowest BCUT2D eigenvalue weighted by atomic mass is 10.1. The molecule has 0 aliphatic heterocycles. The second-order valence-electron chi connectivity index (χ2n) is 9.94. The predicted molar refractivity (Wildman–Crippen MR) is 151 cm³/mol. The fourth-order valence-electron chi connectivity index (χ4n) is 5.27. The van der Waals surface area contributed by atoms with Crippen molar-refractivity contribution in [2.24, 2.45) is 11.8 Å². The minimum Gasteiger partial charge on any atom is -0.496 e. The van der Waals surface area contributed by atoms with E-state index in [9.17, 15) is 5.11 Å². The summed E-state index contributed by atoms with van der Waals surface area (Å²) in [6, 6.07) is 14.7. The van der Waals surface area contributed by atoms with E-state index in [2.05, 4.69) is 48.7 Å². The zero-order chi connectivity index (χ0) is 25.9. The van der Waals surface area contributed by atoms with Crippen LogP contribution in [0, 0.1) is 18.8 Å². The molecule has 0 saturated heterocycles. The van der Waals surface area contributed by atoms with Gasteiger partial charge in [0.2, 0.25) is 5.95 Å². The number of aliphatic hydroxyl groups excluding tert-OH is 1. The minimum atomic E-state index is 0.225. The quantitative estimate of drug-likeness (QED) is 0.248. The number of hydrogen-bond acceptors (Lipinski definition) is 8. The van der Waals surface area contributed by atoms with Gasteiger partial charge >= 0.3 is 0 Å². The van der Waals surface area contributed by atoms with E-state index in [4.69, 9.17) is 19.7 Å². The lowest BCUT2D eigenvalue weighted by Gasteiger charge is -2.21. The molecule has 37 heavy (non-hydrogen) atoms. The molecule has 2 heterocycles. The molecular formula is C29H35N5O2S. The van der Waals surface area contributed by atoms with Crippen LogP contribution in [-0.2, 0) is 13.0 Å². The molecule has 2 aromatic carbocycles. The molecule has 5 rings (SSSR count). The summed E-state index contributed by atoms with van der Waals surface area (Å²) < 4.78 is 6.71. The Morgan fingerprint density at radius 1 is 1.11 bits per heavy atom. The molecule has 194 valence electrons. The van der Waals surface area contributed by atoms with Crippen LogP contribution in [0.1, 0.15) is 43.5 Å². The second kappa shape index (κ2) is 11.0. The van der Waals surface area contributed by atoms with Crippen molar-refractivity contribution in [2.75, 3.05) is 24.4 Å². The molecule has 0 bridgehead atoms. The van der Waals surface area contributed by atoms with Crippen LogP contribution in [0.5, 0.6) is 5.75 Å². The van der Waals surface area contributed by atoms with E-state index in [0.717, 1.165) is 62.9 Å². The fourth-order valence-corrected chi connectivity index (χ4v) is 6.33. The van der Waals surface area contributed by atoms with Crippen LogP contribution in [0.4, 0.5) is 11.8 Å². The Hall–Kier alpha value is -3.23. The smallest absolute Gasteiger partial charge is 0.225 e. The lowest BCUT2D eigenvalue weighted by Crippen LogP contribution is -2.24. The maximum atomic E-state index is 9.74. The largest absolute Gasteiger partial charge is 0.496 e. The van der Waals surface area contributed by atoms with Gasteiger partial charge in [-0.05, 0) is 67.3 Å². The van der Waals surface area contributed by atoms with Gasteiger partial charge in [0.1, 0.15) is 16.6 Å². The third-order valence-electron chi connectivity index (χ3n) is 7.34. The van der Waals surface area contributed by atoms with Crippen molar-refractivity contribution in [1.29, 1.82) is 0 Å². The van der Waals surface area contributed by atoms with E-state index in [1.807, 2.05) is 25.1 Å². The van der Waals surface area contributed by atoms with Crippen molar-refractivity contribution in [1.82, 2.24) is 15.0 Å². The van der Waals surface area contributed by atoms with Gasteiger partial charge in [-0.3, -0.25) is 0 Å². The van der Waals surface area contributed by atoms with Gasteiger partial charge in [0, 0.05) is 19.2 Å². The van der Waals surface area contributed by atoms with Crippen LogP contribution in [-0.4, -0.2) is 39.8 Å². The molecule has 2 aromatic heterocycles. The third kappa shape index (κ3) is 5.40. The van der Waals surface area contributed by atoms with Crippen LogP contribution in [0.2, 0.25) is 0 Å². The number of aromatic nitrogens is 3. The Bertz CT molecular complexity index is 1360. The summed E-state index contributed by atoms with van der Waals surface area (Å²) in [5, 5.41) is 17.8. The molecule has 4 aromatic rings. The van der Waals surface area contributed by atoms with Gasteiger partial charge in [-0.25, -0.2) is 9.97 Å². The highest BCUT2D eigenvalue weighted by Crippen LogP contribution is 2.39. The van der Waals surface area contributed by atoms with Crippen molar-refractivity contribution in [3.05, 3.63) is 59.3 Å². The SMILES string of the molecule is CCc1ccc(CNc2nc(C)c(-c3nc4ccccc4s3)c(N[C@@H]3C[C@H](CO)C[C@H]3C)n2)cc1OC. The number of fused-ring (bicyclic) bond motifs is 1. The summed E-state index contributed by atoms with van der Waals surface area (Å²) >= 11 is 1.66. The van der Waals surface area contributed by atoms with Gasteiger partial charge in [-0.2, -0.15) is 4.98 Å². The Morgan fingerprint density at radius 2 is 1.95 bits per heavy atom. The fraction of sp³-hybridized carbons (Fsp3) is 0.414.